The first-order chi connectivity index (χ1) is 24.3. The second-order valence-corrected chi connectivity index (χ2v) is 13.8. The molecule has 5 aromatic rings. The summed E-state index contributed by atoms with van der Waals surface area (Å²) in [6.45, 7) is 7.29. The molecule has 10 nitrogen and oxygen atoms in total. The van der Waals surface area contributed by atoms with Crippen molar-refractivity contribution in [2.75, 3.05) is 26.4 Å². The summed E-state index contributed by atoms with van der Waals surface area (Å²) in [4.78, 5) is 13.3. The third-order valence-electron chi connectivity index (χ3n) is 9.53. The average molecular weight is 752 g/mol. The lowest BCUT2D eigenvalue weighted by Gasteiger charge is -2.33. The maximum Gasteiger partial charge on any atom is 0.240 e. The monoisotopic (exact) mass is 750 g/mol. The number of ether oxygens (including phenoxy) is 3. The summed E-state index contributed by atoms with van der Waals surface area (Å²) >= 11 is 0. The van der Waals surface area contributed by atoms with Crippen molar-refractivity contribution < 1.29 is 19.0 Å². The van der Waals surface area contributed by atoms with Crippen molar-refractivity contribution in [2.24, 2.45) is 17.4 Å². The fourth-order valence-corrected chi connectivity index (χ4v) is 6.57. The molecular formula is C40H52Cl2N6O4. The van der Waals surface area contributed by atoms with Gasteiger partial charge in [0, 0.05) is 30.4 Å². The number of nitrogens with two attached hydrogens (primary N) is 2. The quantitative estimate of drug-likeness (QED) is 0.0899. The van der Waals surface area contributed by atoms with E-state index in [0.29, 0.717) is 57.4 Å². The smallest absolute Gasteiger partial charge is 0.240 e. The van der Waals surface area contributed by atoms with Crippen molar-refractivity contribution in [3.8, 4) is 22.6 Å². The molecular weight excluding hydrogens is 699 g/mol. The number of benzene rings is 4. The van der Waals surface area contributed by atoms with Crippen molar-refractivity contribution in [3.05, 3.63) is 84.7 Å². The Morgan fingerprint density at radius 2 is 1.50 bits per heavy atom. The van der Waals surface area contributed by atoms with Gasteiger partial charge in [-0.25, -0.2) is 0 Å². The second-order valence-electron chi connectivity index (χ2n) is 13.8. The number of nitrogens with one attached hydrogen (secondary N) is 1. The lowest BCUT2D eigenvalue weighted by molar-refractivity contribution is -0.130. The SMILES string of the molecule is CC(C)CCOc1ccc2ccccc2c1-c1c(OCc2cn(C[C@@H](CCCCN)NC(=O)C3(N)CCOCC3)nn2)ccc2ccccc12.Cl.Cl. The molecule has 1 saturated heterocycles. The summed E-state index contributed by atoms with van der Waals surface area (Å²) in [5.74, 6) is 1.96. The van der Waals surface area contributed by atoms with Crippen LogP contribution >= 0.6 is 24.8 Å². The maximum atomic E-state index is 13.3. The van der Waals surface area contributed by atoms with Crippen LogP contribution in [0.25, 0.3) is 32.7 Å². The van der Waals surface area contributed by atoms with Crippen molar-refractivity contribution in [3.63, 3.8) is 0 Å². The third kappa shape index (κ3) is 9.93. The summed E-state index contributed by atoms with van der Waals surface area (Å²) in [7, 11) is 0. The van der Waals surface area contributed by atoms with E-state index in [9.17, 15) is 4.79 Å². The normalized spacial score (nSPS) is 14.4. The summed E-state index contributed by atoms with van der Waals surface area (Å²) in [5, 5.41) is 16.5. The number of unbranched alkanes of at least 4 members (excludes halogenated alkanes) is 1. The lowest BCUT2D eigenvalue weighted by atomic mass is 9.90. The molecule has 1 fully saturated rings. The minimum Gasteiger partial charge on any atom is -0.493 e. The molecule has 12 heteroatoms. The number of amides is 1. The fourth-order valence-electron chi connectivity index (χ4n) is 6.57. The van der Waals surface area contributed by atoms with Crippen LogP contribution in [0.15, 0.2) is 79.0 Å². The van der Waals surface area contributed by atoms with Crippen LogP contribution in [0.5, 0.6) is 11.5 Å². The molecule has 1 atom stereocenters. The Bertz CT molecular complexity index is 1900. The predicted molar refractivity (Wildman–Crippen MR) is 212 cm³/mol. The van der Waals surface area contributed by atoms with E-state index >= 15 is 0 Å². The van der Waals surface area contributed by atoms with Gasteiger partial charge in [0.05, 0.1) is 24.9 Å². The van der Waals surface area contributed by atoms with Crippen LogP contribution in [0.1, 0.15) is 58.1 Å². The fraction of sp³-hybridized carbons (Fsp3) is 0.425. The number of fused-ring (bicyclic) bond motifs is 2. The van der Waals surface area contributed by atoms with E-state index in [0.717, 1.165) is 69.9 Å². The van der Waals surface area contributed by atoms with E-state index in [-0.39, 0.29) is 43.4 Å². The Morgan fingerprint density at radius 1 is 0.885 bits per heavy atom. The summed E-state index contributed by atoms with van der Waals surface area (Å²) in [6.07, 6.45) is 6.36. The zero-order valence-electron chi connectivity index (χ0n) is 30.1. The molecule has 0 aliphatic carbocycles. The molecule has 1 amide bonds. The van der Waals surface area contributed by atoms with E-state index in [1.165, 1.54) is 0 Å². The molecule has 4 aromatic carbocycles. The third-order valence-corrected chi connectivity index (χ3v) is 9.53. The zero-order valence-corrected chi connectivity index (χ0v) is 31.7. The first kappa shape index (κ1) is 40.8. The first-order valence-electron chi connectivity index (χ1n) is 17.9. The first-order valence-corrected chi connectivity index (χ1v) is 17.9. The molecule has 280 valence electrons. The Kier molecular flexibility index (Phi) is 15.1. The molecule has 0 saturated carbocycles. The summed E-state index contributed by atoms with van der Waals surface area (Å²) in [5.41, 5.74) is 14.0. The van der Waals surface area contributed by atoms with Gasteiger partial charge in [0.15, 0.2) is 0 Å². The number of nitrogens with zero attached hydrogens (tertiary/aromatic N) is 3. The largest absolute Gasteiger partial charge is 0.493 e. The average Bonchev–Trinajstić information content (AvgIpc) is 3.57. The van der Waals surface area contributed by atoms with Crippen LogP contribution in [-0.2, 0) is 22.7 Å². The van der Waals surface area contributed by atoms with Gasteiger partial charge in [-0.1, -0.05) is 86.1 Å². The maximum absolute atomic E-state index is 13.3. The van der Waals surface area contributed by atoms with Gasteiger partial charge in [0.1, 0.15) is 23.8 Å². The van der Waals surface area contributed by atoms with E-state index in [4.69, 9.17) is 25.7 Å². The molecule has 0 spiro atoms. The van der Waals surface area contributed by atoms with Crippen LogP contribution in [0, 0.1) is 5.92 Å². The number of aromatic nitrogens is 3. The van der Waals surface area contributed by atoms with E-state index in [1.54, 1.807) is 4.68 Å². The molecule has 1 aliphatic heterocycles. The topological polar surface area (TPSA) is 140 Å². The van der Waals surface area contributed by atoms with E-state index < -0.39 is 5.54 Å². The molecule has 6 rings (SSSR count). The number of halogens is 2. The van der Waals surface area contributed by atoms with Crippen molar-refractivity contribution in [2.45, 2.75) is 77.1 Å². The van der Waals surface area contributed by atoms with Crippen LogP contribution in [0.4, 0.5) is 0 Å². The van der Waals surface area contributed by atoms with Crippen LogP contribution in [0.3, 0.4) is 0 Å². The summed E-state index contributed by atoms with van der Waals surface area (Å²) in [6, 6.07) is 24.9. The van der Waals surface area contributed by atoms with Gasteiger partial charge in [-0.05, 0) is 78.2 Å². The van der Waals surface area contributed by atoms with Gasteiger partial charge in [-0.15, -0.1) is 29.9 Å². The van der Waals surface area contributed by atoms with Crippen molar-refractivity contribution in [1.82, 2.24) is 20.3 Å². The Labute approximate surface area is 318 Å². The van der Waals surface area contributed by atoms with Gasteiger partial charge >= 0.3 is 0 Å². The zero-order chi connectivity index (χ0) is 34.9. The standard InChI is InChI=1S/C40H50N6O4.2ClH/c1-28(2)18-22-49-35-16-14-29-9-3-5-12-33(29)37(35)38-34-13-6-4-10-30(34)15-17-36(38)50-27-32-26-46(45-44-32)25-31(11-7-8-21-41)43-39(47)40(42)19-23-48-24-20-40;;/h3-6,9-10,12-17,26,28,31H,7-8,11,18-25,27,41-42H2,1-2H3,(H,43,47);2*1H/t31-;;/m1../s1. The highest BCUT2D eigenvalue weighted by Gasteiger charge is 2.37. The molecule has 0 radical (unpaired) electrons. The van der Waals surface area contributed by atoms with Gasteiger partial charge in [-0.2, -0.15) is 0 Å². The Hall–Kier alpha value is -3.93. The molecule has 0 unspecified atom stereocenters. The van der Waals surface area contributed by atoms with Gasteiger partial charge in [0.2, 0.25) is 5.91 Å². The van der Waals surface area contributed by atoms with Crippen LogP contribution < -0.4 is 26.3 Å². The number of hydrogen-bond acceptors (Lipinski definition) is 8. The Balaban J connectivity index is 0.00000302. The van der Waals surface area contributed by atoms with E-state index in [1.807, 2.05) is 12.3 Å². The number of hydrogen-bond donors (Lipinski definition) is 3. The van der Waals surface area contributed by atoms with Gasteiger partial charge in [-0.3, -0.25) is 9.48 Å². The molecule has 5 N–H and O–H groups in total. The molecule has 1 aromatic heterocycles. The minimum absolute atomic E-state index is 0. The van der Waals surface area contributed by atoms with Crippen molar-refractivity contribution >= 4 is 52.3 Å². The number of carbonyl (C=O) groups excluding carboxylic acids is 1. The minimum atomic E-state index is -0.924. The summed E-state index contributed by atoms with van der Waals surface area (Å²) < 4.78 is 20.3. The van der Waals surface area contributed by atoms with Crippen molar-refractivity contribution in [1.29, 1.82) is 0 Å². The second kappa shape index (κ2) is 19.2. The van der Waals surface area contributed by atoms with E-state index in [2.05, 4.69) is 96.2 Å². The predicted octanol–water partition coefficient (Wildman–Crippen LogP) is 7.22. The number of rotatable bonds is 16. The molecule has 1 aliphatic rings. The highest BCUT2D eigenvalue weighted by Crippen LogP contribution is 2.45. The highest BCUT2D eigenvalue weighted by atomic mass is 35.5. The highest BCUT2D eigenvalue weighted by molar-refractivity contribution is 6.09. The van der Waals surface area contributed by atoms with Gasteiger partial charge in [0.25, 0.3) is 0 Å². The number of carbonyl (C=O) groups is 1. The van der Waals surface area contributed by atoms with Crippen LogP contribution in [0.2, 0.25) is 0 Å². The van der Waals surface area contributed by atoms with Gasteiger partial charge < -0.3 is 31.0 Å². The lowest BCUT2D eigenvalue weighted by Crippen LogP contribution is -2.59. The van der Waals surface area contributed by atoms with Crippen LogP contribution in [-0.4, -0.2) is 58.8 Å². The molecule has 52 heavy (non-hydrogen) atoms. The molecule has 2 heterocycles. The molecule has 0 bridgehead atoms. The Morgan fingerprint density at radius 3 is 2.12 bits per heavy atom.